The highest BCUT2D eigenvalue weighted by Crippen LogP contribution is 2.04. The van der Waals surface area contributed by atoms with Gasteiger partial charge in [-0.2, -0.15) is 7.82 Å². The lowest BCUT2D eigenvalue weighted by atomic mass is 10.1. The Hall–Kier alpha value is -1.97. The first-order valence-electron chi connectivity index (χ1n) is 8.37. The molecule has 0 fully saturated rings. The molecule has 1 amide bonds. The Kier molecular flexibility index (Phi) is 12.3. The highest BCUT2D eigenvalue weighted by Gasteiger charge is 2.15. The van der Waals surface area contributed by atoms with Crippen molar-refractivity contribution in [3.05, 3.63) is 35.9 Å². The molecule has 0 bridgehead atoms. The third-order valence-electron chi connectivity index (χ3n) is 3.33. The predicted molar refractivity (Wildman–Crippen MR) is 97.9 cm³/mol. The van der Waals surface area contributed by atoms with E-state index < -0.39 is 13.9 Å². The molecule has 0 aliphatic carbocycles. The summed E-state index contributed by atoms with van der Waals surface area (Å²) in [6.07, 6.45) is 3.06. The van der Waals surface area contributed by atoms with Gasteiger partial charge in [0, 0.05) is 12.6 Å². The number of hydrogen-bond donors (Lipinski definition) is 4. The number of carbonyl (C=O) groups excluding carboxylic acids is 1. The lowest BCUT2D eigenvalue weighted by Gasteiger charge is -2.36. The third kappa shape index (κ3) is 17.2. The van der Waals surface area contributed by atoms with Crippen molar-refractivity contribution >= 4 is 19.7 Å². The molecule has 1 aromatic rings. The van der Waals surface area contributed by atoms with Crippen LogP contribution in [0.1, 0.15) is 31.7 Å². The van der Waals surface area contributed by atoms with Crippen molar-refractivity contribution in [3.8, 4) is 0 Å². The number of amides is 1. The number of unbranched alkanes of at least 4 members (excludes halogenated alkanes) is 1. The van der Waals surface area contributed by atoms with Crippen molar-refractivity contribution in [2.45, 2.75) is 44.7 Å². The Morgan fingerprint density at radius 2 is 1.74 bits per heavy atom. The summed E-state index contributed by atoms with van der Waals surface area (Å²) in [5.41, 5.74) is 17.6. The first-order valence-corrected chi connectivity index (χ1v) is 9.83. The van der Waals surface area contributed by atoms with E-state index in [4.69, 9.17) is 36.4 Å². The number of phosphoric acid groups is 1. The maximum absolute atomic E-state index is 12.0. The Morgan fingerprint density at radius 1 is 1.19 bits per heavy atom. The van der Waals surface area contributed by atoms with Gasteiger partial charge >= 0.3 is 0 Å². The molecule has 154 valence electrons. The van der Waals surface area contributed by atoms with Crippen LogP contribution in [-0.4, -0.2) is 30.5 Å². The van der Waals surface area contributed by atoms with Gasteiger partial charge in [0.25, 0.3) is 0 Å². The van der Waals surface area contributed by atoms with Gasteiger partial charge in [0.15, 0.2) is 5.96 Å². The number of aliphatic imine (C=N–C) groups is 1. The number of benzene rings is 1. The zero-order valence-electron chi connectivity index (χ0n) is 15.2. The van der Waals surface area contributed by atoms with E-state index in [0.29, 0.717) is 13.0 Å². The summed E-state index contributed by atoms with van der Waals surface area (Å²) in [7, 11) is -5.39. The second-order valence-electron chi connectivity index (χ2n) is 5.96. The van der Waals surface area contributed by atoms with E-state index >= 15 is 0 Å². The number of hydrogen-bond acceptors (Lipinski definition) is 7. The van der Waals surface area contributed by atoms with Crippen LogP contribution < -0.4 is 37.2 Å². The molecule has 0 saturated heterocycles. The maximum Gasteiger partial charge on any atom is 0.237 e. The van der Waals surface area contributed by atoms with Gasteiger partial charge < -0.3 is 41.8 Å². The third-order valence-corrected chi connectivity index (χ3v) is 3.33. The Morgan fingerprint density at radius 3 is 2.26 bits per heavy atom. The molecule has 1 unspecified atom stereocenters. The minimum Gasteiger partial charge on any atom is -0.822 e. The summed E-state index contributed by atoms with van der Waals surface area (Å²) in [6.45, 7) is 2.55. The summed E-state index contributed by atoms with van der Waals surface area (Å²) in [5, 5.41) is 2.96. The van der Waals surface area contributed by atoms with Crippen molar-refractivity contribution in [2.24, 2.45) is 22.2 Å². The Labute approximate surface area is 159 Å². The Bertz CT molecular complexity index is 611. The molecule has 27 heavy (non-hydrogen) atoms. The summed E-state index contributed by atoms with van der Waals surface area (Å²) in [4.78, 5) is 41.6. The Balaban J connectivity index is 0.00000119. The predicted octanol–water partition coefficient (Wildman–Crippen LogP) is -2.32. The van der Waals surface area contributed by atoms with Gasteiger partial charge in [-0.05, 0) is 38.2 Å². The molecule has 1 aromatic carbocycles. The van der Waals surface area contributed by atoms with Gasteiger partial charge in [-0.15, -0.1) is 0 Å². The molecule has 2 atom stereocenters. The van der Waals surface area contributed by atoms with Crippen molar-refractivity contribution in [1.29, 1.82) is 0 Å². The first-order chi connectivity index (χ1) is 12.5. The molecule has 11 heteroatoms. The van der Waals surface area contributed by atoms with Crippen LogP contribution in [0.5, 0.6) is 0 Å². The number of nitrogens with zero attached hydrogens (tertiary/aromatic N) is 1. The molecule has 0 aliphatic rings. The number of carbonyl (C=O) groups is 1. The van der Waals surface area contributed by atoms with Gasteiger partial charge in [0.1, 0.15) is 0 Å². The standard InChI is InChI=1S/C16H27N5O.H3O4P/c1-12(11-13-7-3-2-4-8-13)21-15(22)14(17)9-5-6-10-20-16(18)19;1-5(2,3)4/h2-4,7-8,12,14H,5-6,9-11,17H2,1H3,(H,21,22)(H4,18,19,20);(H3,1,2,3,4)/p-3/t12-,14?;/m0./s1. The SMILES string of the molecule is C[C@@H](Cc1ccccc1)NC(=O)C(N)CCCCN=C(N)N.O=P([O-])([O-])[O-]. The molecule has 10 nitrogen and oxygen atoms in total. The zero-order valence-corrected chi connectivity index (χ0v) is 16.1. The molecular weight excluding hydrogens is 373 g/mol. The van der Waals surface area contributed by atoms with Crippen molar-refractivity contribution in [2.75, 3.05) is 6.54 Å². The largest absolute Gasteiger partial charge is 0.822 e. The quantitative estimate of drug-likeness (QED) is 0.153. The molecule has 7 N–H and O–H groups in total. The first kappa shape index (κ1) is 25.0. The topological polar surface area (TPSA) is 206 Å². The lowest BCUT2D eigenvalue weighted by molar-refractivity contribution is -0.432. The maximum atomic E-state index is 12.0. The summed E-state index contributed by atoms with van der Waals surface area (Å²) in [6, 6.07) is 9.63. The van der Waals surface area contributed by atoms with E-state index in [1.807, 2.05) is 37.3 Å². The van der Waals surface area contributed by atoms with Crippen molar-refractivity contribution in [3.63, 3.8) is 0 Å². The molecule has 0 radical (unpaired) electrons. The molecule has 0 aliphatic heterocycles. The van der Waals surface area contributed by atoms with Crippen molar-refractivity contribution in [1.82, 2.24) is 5.32 Å². The fourth-order valence-corrected chi connectivity index (χ4v) is 2.18. The molecule has 0 heterocycles. The monoisotopic (exact) mass is 400 g/mol. The van der Waals surface area contributed by atoms with Gasteiger partial charge in [0.05, 0.1) is 6.04 Å². The summed E-state index contributed by atoms with van der Waals surface area (Å²) in [5.74, 6) is -0.0120. The highest BCUT2D eigenvalue weighted by atomic mass is 31.2. The molecule has 0 spiro atoms. The van der Waals surface area contributed by atoms with E-state index in [9.17, 15) is 4.79 Å². The summed E-state index contributed by atoms with van der Waals surface area (Å²) < 4.78 is 8.55. The zero-order chi connectivity index (χ0) is 20.9. The summed E-state index contributed by atoms with van der Waals surface area (Å²) >= 11 is 0. The second kappa shape index (κ2) is 13.2. The fraction of sp³-hybridized carbons (Fsp3) is 0.500. The minimum atomic E-state index is -5.39. The van der Waals surface area contributed by atoms with E-state index in [0.717, 1.165) is 19.3 Å². The second-order valence-corrected chi connectivity index (χ2v) is 6.85. The van der Waals surface area contributed by atoms with Gasteiger partial charge in [0.2, 0.25) is 5.91 Å². The van der Waals surface area contributed by atoms with Gasteiger partial charge in [-0.1, -0.05) is 30.3 Å². The lowest BCUT2D eigenvalue weighted by Crippen LogP contribution is -2.45. The number of guanidine groups is 1. The van der Waals surface area contributed by atoms with Crippen LogP contribution >= 0.6 is 7.82 Å². The van der Waals surface area contributed by atoms with Crippen LogP contribution in [-0.2, 0) is 15.8 Å². The van der Waals surface area contributed by atoms with Crippen molar-refractivity contribution < 1.29 is 24.0 Å². The van der Waals surface area contributed by atoms with E-state index in [-0.39, 0.29) is 17.9 Å². The molecular formula is C16H27N5O5P-3. The van der Waals surface area contributed by atoms with Crippen LogP contribution in [0.25, 0.3) is 0 Å². The minimum absolute atomic E-state index is 0.0580. The molecule has 1 rings (SSSR count). The fourth-order valence-electron chi connectivity index (χ4n) is 2.18. The smallest absolute Gasteiger partial charge is 0.237 e. The number of rotatable bonds is 9. The van der Waals surface area contributed by atoms with Crippen LogP contribution in [0, 0.1) is 0 Å². The van der Waals surface area contributed by atoms with Gasteiger partial charge in [-0.3, -0.25) is 9.79 Å². The average molecular weight is 400 g/mol. The average Bonchev–Trinajstić information content (AvgIpc) is 2.53. The highest BCUT2D eigenvalue weighted by molar-refractivity contribution is 7.40. The van der Waals surface area contributed by atoms with Gasteiger partial charge in [-0.25, -0.2) is 0 Å². The number of nitrogens with one attached hydrogen (secondary N) is 1. The van der Waals surface area contributed by atoms with Crippen LogP contribution in [0.15, 0.2) is 35.3 Å². The van der Waals surface area contributed by atoms with E-state index in [1.54, 1.807) is 0 Å². The van der Waals surface area contributed by atoms with Crippen LogP contribution in [0.3, 0.4) is 0 Å². The normalized spacial score (nSPS) is 12.9. The van der Waals surface area contributed by atoms with E-state index in [2.05, 4.69) is 10.3 Å². The van der Waals surface area contributed by atoms with Crippen LogP contribution in [0.2, 0.25) is 0 Å². The molecule has 0 aromatic heterocycles. The van der Waals surface area contributed by atoms with E-state index in [1.165, 1.54) is 5.56 Å². The molecule has 0 saturated carbocycles. The number of nitrogens with two attached hydrogens (primary N) is 3. The van der Waals surface area contributed by atoms with Crippen LogP contribution in [0.4, 0.5) is 0 Å².